The second kappa shape index (κ2) is 4.99. The van der Waals surface area contributed by atoms with Crippen LogP contribution in [0.25, 0.3) is 21.7 Å². The summed E-state index contributed by atoms with van der Waals surface area (Å²) in [5.41, 5.74) is 2.36. The van der Waals surface area contributed by atoms with Gasteiger partial charge >= 0.3 is 5.97 Å². The molecule has 0 radical (unpaired) electrons. The van der Waals surface area contributed by atoms with Crippen LogP contribution in [0.15, 0.2) is 29.1 Å². The Morgan fingerprint density at radius 2 is 1.88 bits per heavy atom. The Morgan fingerprint density at radius 1 is 1.12 bits per heavy atom. The molecule has 3 heterocycles. The first-order valence-electron chi connectivity index (χ1n) is 8.27. The summed E-state index contributed by atoms with van der Waals surface area (Å²) in [7, 11) is 0. The standard InChI is InChI=1S/C19H15NO5/c1-2-23-19(22)11-5-10-3-4-20-17(10)13(6-11)12-7-15-16(25-9-24-15)8-14(12)18(20)21/h5-8H,2-4,9H2,1H3. The molecule has 1 aromatic heterocycles. The molecule has 0 N–H and O–H groups in total. The lowest BCUT2D eigenvalue weighted by Gasteiger charge is -2.11. The van der Waals surface area contributed by atoms with Gasteiger partial charge in [0.15, 0.2) is 11.5 Å². The van der Waals surface area contributed by atoms with Crippen LogP contribution in [0.2, 0.25) is 0 Å². The molecule has 0 saturated carbocycles. The Balaban J connectivity index is 1.91. The van der Waals surface area contributed by atoms with Crippen LogP contribution in [0.3, 0.4) is 0 Å². The third-order valence-corrected chi connectivity index (χ3v) is 4.85. The molecule has 0 spiro atoms. The van der Waals surface area contributed by atoms with Gasteiger partial charge in [0.2, 0.25) is 6.79 Å². The number of carbonyl (C=O) groups excluding carboxylic acids is 1. The molecule has 6 nitrogen and oxygen atoms in total. The minimum absolute atomic E-state index is 0.0385. The van der Waals surface area contributed by atoms with Gasteiger partial charge in [-0.15, -0.1) is 0 Å². The first-order valence-corrected chi connectivity index (χ1v) is 8.27. The third-order valence-electron chi connectivity index (χ3n) is 4.85. The number of carbonyl (C=O) groups is 1. The molecule has 0 saturated heterocycles. The van der Waals surface area contributed by atoms with Crippen molar-refractivity contribution in [2.45, 2.75) is 19.9 Å². The van der Waals surface area contributed by atoms with E-state index in [0.29, 0.717) is 35.6 Å². The van der Waals surface area contributed by atoms with Gasteiger partial charge in [-0.25, -0.2) is 4.79 Å². The van der Waals surface area contributed by atoms with Crippen molar-refractivity contribution in [3.05, 3.63) is 45.7 Å². The van der Waals surface area contributed by atoms with E-state index in [9.17, 15) is 9.59 Å². The van der Waals surface area contributed by atoms with E-state index in [2.05, 4.69) is 0 Å². The molecule has 126 valence electrons. The number of hydrogen-bond donors (Lipinski definition) is 0. The first-order chi connectivity index (χ1) is 12.2. The second-order valence-electron chi connectivity index (χ2n) is 6.21. The Kier molecular flexibility index (Phi) is 2.86. The first kappa shape index (κ1) is 14.3. The third kappa shape index (κ3) is 1.91. The molecule has 2 aliphatic heterocycles. The lowest BCUT2D eigenvalue weighted by molar-refractivity contribution is 0.0526. The average Bonchev–Trinajstić information content (AvgIpc) is 3.25. The largest absolute Gasteiger partial charge is 0.462 e. The zero-order valence-corrected chi connectivity index (χ0v) is 13.6. The maximum atomic E-state index is 12.9. The maximum Gasteiger partial charge on any atom is 0.338 e. The van der Waals surface area contributed by atoms with E-state index in [1.165, 1.54) is 0 Å². The van der Waals surface area contributed by atoms with E-state index in [-0.39, 0.29) is 18.3 Å². The van der Waals surface area contributed by atoms with Crippen molar-refractivity contribution in [2.75, 3.05) is 13.4 Å². The van der Waals surface area contributed by atoms with Gasteiger partial charge < -0.3 is 18.8 Å². The van der Waals surface area contributed by atoms with E-state index in [1.807, 2.05) is 18.2 Å². The highest BCUT2D eigenvalue weighted by Gasteiger charge is 2.24. The van der Waals surface area contributed by atoms with E-state index in [4.69, 9.17) is 14.2 Å². The number of aryl methyl sites for hydroxylation is 2. The Labute approximate surface area is 142 Å². The molecule has 0 unspecified atom stereocenters. The Morgan fingerprint density at radius 3 is 2.64 bits per heavy atom. The van der Waals surface area contributed by atoms with Crippen molar-refractivity contribution in [3.63, 3.8) is 0 Å². The smallest absolute Gasteiger partial charge is 0.338 e. The van der Waals surface area contributed by atoms with Gasteiger partial charge in [0.05, 0.1) is 23.1 Å². The summed E-state index contributed by atoms with van der Waals surface area (Å²) in [6, 6.07) is 7.21. The summed E-state index contributed by atoms with van der Waals surface area (Å²) >= 11 is 0. The zero-order valence-electron chi connectivity index (χ0n) is 13.6. The zero-order chi connectivity index (χ0) is 17.1. The predicted octanol–water partition coefficient (Wildman–Crippen LogP) is 2.62. The summed E-state index contributed by atoms with van der Waals surface area (Å²) in [6.45, 7) is 2.87. The maximum absolute atomic E-state index is 12.9. The fraction of sp³-hybridized carbons (Fsp3) is 0.263. The predicted molar refractivity (Wildman–Crippen MR) is 91.5 cm³/mol. The van der Waals surface area contributed by atoms with Crippen LogP contribution in [-0.2, 0) is 17.7 Å². The fourth-order valence-corrected chi connectivity index (χ4v) is 3.78. The molecule has 0 aliphatic carbocycles. The van der Waals surface area contributed by atoms with Gasteiger partial charge in [-0.1, -0.05) is 0 Å². The van der Waals surface area contributed by atoms with Crippen molar-refractivity contribution >= 4 is 27.6 Å². The van der Waals surface area contributed by atoms with Crippen molar-refractivity contribution in [1.29, 1.82) is 0 Å². The molecule has 0 fully saturated rings. The van der Waals surface area contributed by atoms with E-state index in [0.717, 1.165) is 28.3 Å². The number of aromatic nitrogens is 1. The monoisotopic (exact) mass is 337 g/mol. The lowest BCUT2D eigenvalue weighted by Crippen LogP contribution is -2.18. The number of fused-ring (bicyclic) bond motifs is 3. The highest BCUT2D eigenvalue weighted by molar-refractivity contribution is 6.10. The SMILES string of the molecule is CCOC(=O)c1cc2c3c(c1)c1cc4c(cc1c(=O)n3CC2)OCO4. The van der Waals surface area contributed by atoms with E-state index in [1.54, 1.807) is 17.6 Å². The number of hydrogen-bond acceptors (Lipinski definition) is 5. The van der Waals surface area contributed by atoms with E-state index < -0.39 is 0 Å². The quantitative estimate of drug-likeness (QED) is 0.531. The summed E-state index contributed by atoms with van der Waals surface area (Å²) in [6.07, 6.45) is 0.724. The molecule has 5 rings (SSSR count). The molecule has 0 amide bonds. The fourth-order valence-electron chi connectivity index (χ4n) is 3.78. The minimum Gasteiger partial charge on any atom is -0.462 e. The molecule has 6 heteroatoms. The van der Waals surface area contributed by atoms with Crippen molar-refractivity contribution < 1.29 is 19.0 Å². The number of ether oxygens (including phenoxy) is 3. The number of esters is 1. The molecule has 2 aliphatic rings. The van der Waals surface area contributed by atoms with Crippen LogP contribution >= 0.6 is 0 Å². The summed E-state index contributed by atoms with van der Waals surface area (Å²) in [5.74, 6) is 0.851. The van der Waals surface area contributed by atoms with Gasteiger partial charge in [0.25, 0.3) is 5.56 Å². The Hall–Kier alpha value is -3.02. The molecule has 3 aromatic rings. The number of rotatable bonds is 2. The Bertz CT molecular complexity index is 1130. The van der Waals surface area contributed by atoms with Gasteiger partial charge in [-0.05, 0) is 43.2 Å². The van der Waals surface area contributed by atoms with Crippen LogP contribution in [0, 0.1) is 0 Å². The summed E-state index contributed by atoms with van der Waals surface area (Å²) < 4.78 is 17.8. The van der Waals surface area contributed by atoms with Crippen LogP contribution in [0.5, 0.6) is 11.5 Å². The summed E-state index contributed by atoms with van der Waals surface area (Å²) in [4.78, 5) is 25.1. The van der Waals surface area contributed by atoms with Crippen molar-refractivity contribution in [2.24, 2.45) is 0 Å². The molecular weight excluding hydrogens is 322 g/mol. The van der Waals surface area contributed by atoms with Gasteiger partial charge in [0, 0.05) is 17.3 Å². The van der Waals surface area contributed by atoms with Crippen LogP contribution in [-0.4, -0.2) is 23.9 Å². The van der Waals surface area contributed by atoms with Crippen molar-refractivity contribution in [3.8, 4) is 11.5 Å². The number of nitrogens with zero attached hydrogens (tertiary/aromatic N) is 1. The van der Waals surface area contributed by atoms with Crippen LogP contribution in [0.1, 0.15) is 22.8 Å². The number of benzene rings is 2. The average molecular weight is 337 g/mol. The topological polar surface area (TPSA) is 66.8 Å². The second-order valence-corrected chi connectivity index (χ2v) is 6.21. The highest BCUT2D eigenvalue weighted by atomic mass is 16.7. The van der Waals surface area contributed by atoms with Crippen LogP contribution < -0.4 is 15.0 Å². The van der Waals surface area contributed by atoms with Gasteiger partial charge in [-0.2, -0.15) is 0 Å². The molecule has 25 heavy (non-hydrogen) atoms. The molecular formula is C19H15NO5. The highest BCUT2D eigenvalue weighted by Crippen LogP contribution is 2.39. The van der Waals surface area contributed by atoms with Crippen LogP contribution in [0.4, 0.5) is 0 Å². The lowest BCUT2D eigenvalue weighted by atomic mass is 10.00. The molecule has 0 atom stereocenters. The van der Waals surface area contributed by atoms with Gasteiger partial charge in [-0.3, -0.25) is 4.79 Å². The minimum atomic E-state index is -0.348. The number of pyridine rings is 1. The summed E-state index contributed by atoms with van der Waals surface area (Å²) in [5, 5.41) is 2.21. The van der Waals surface area contributed by atoms with Crippen molar-refractivity contribution in [1.82, 2.24) is 4.57 Å². The molecule has 0 bridgehead atoms. The van der Waals surface area contributed by atoms with E-state index >= 15 is 0 Å². The van der Waals surface area contributed by atoms with Gasteiger partial charge in [0.1, 0.15) is 0 Å². The normalized spacial score (nSPS) is 14.4. The molecule has 2 aromatic carbocycles.